The number of hydrogen-bond acceptors (Lipinski definition) is 4. The zero-order chi connectivity index (χ0) is 15.1. The molecule has 110 valence electrons. The van der Waals surface area contributed by atoms with Gasteiger partial charge in [-0.05, 0) is 40.0 Å². The predicted molar refractivity (Wildman–Crippen MR) is 74.9 cm³/mol. The number of hydrogen-bond donors (Lipinski definition) is 2. The standard InChI is InChI=1S/C15H21NO4/c1-9-5-6-11-10(7-9)13(19)14(15(2,3)20-11)16(4)8-12(17)18/h5-7,13-14,19H,8H2,1-4H3,(H,17,18). The molecule has 1 heterocycles. The van der Waals surface area contributed by atoms with Crippen LogP contribution in [0.25, 0.3) is 0 Å². The first-order valence-corrected chi connectivity index (χ1v) is 6.62. The molecule has 1 aromatic rings. The molecule has 0 aliphatic carbocycles. The second-order valence-corrected chi connectivity index (χ2v) is 5.95. The third kappa shape index (κ3) is 2.64. The molecule has 0 fully saturated rings. The topological polar surface area (TPSA) is 70.0 Å². The lowest BCUT2D eigenvalue weighted by Gasteiger charge is -2.46. The number of carboxylic acids is 1. The molecule has 1 aliphatic rings. The Kier molecular flexibility index (Phi) is 3.75. The van der Waals surface area contributed by atoms with E-state index in [2.05, 4.69) is 0 Å². The van der Waals surface area contributed by atoms with Gasteiger partial charge in [-0.25, -0.2) is 0 Å². The van der Waals surface area contributed by atoms with E-state index in [4.69, 9.17) is 9.84 Å². The Morgan fingerprint density at radius 3 is 2.70 bits per heavy atom. The van der Waals surface area contributed by atoms with Crippen LogP contribution in [0.15, 0.2) is 18.2 Å². The van der Waals surface area contributed by atoms with Crippen LogP contribution in [0, 0.1) is 6.92 Å². The second kappa shape index (κ2) is 5.07. The van der Waals surface area contributed by atoms with Gasteiger partial charge in [-0.15, -0.1) is 0 Å². The van der Waals surface area contributed by atoms with Gasteiger partial charge in [-0.2, -0.15) is 0 Å². The molecule has 2 N–H and O–H groups in total. The van der Waals surface area contributed by atoms with Crippen molar-refractivity contribution in [3.8, 4) is 5.75 Å². The van der Waals surface area contributed by atoms with E-state index in [9.17, 15) is 9.90 Å². The average Bonchev–Trinajstić information content (AvgIpc) is 2.28. The average molecular weight is 279 g/mol. The van der Waals surface area contributed by atoms with E-state index in [1.54, 1.807) is 11.9 Å². The van der Waals surface area contributed by atoms with E-state index in [1.807, 2.05) is 39.0 Å². The van der Waals surface area contributed by atoms with Gasteiger partial charge in [0.15, 0.2) is 0 Å². The summed E-state index contributed by atoms with van der Waals surface area (Å²) in [5.74, 6) is -0.265. The molecule has 0 aromatic heterocycles. The molecular weight excluding hydrogens is 258 g/mol. The fourth-order valence-electron chi connectivity index (χ4n) is 2.97. The van der Waals surface area contributed by atoms with E-state index in [1.165, 1.54) is 0 Å². The van der Waals surface area contributed by atoms with Gasteiger partial charge in [-0.3, -0.25) is 9.69 Å². The molecule has 0 saturated heterocycles. The summed E-state index contributed by atoms with van der Waals surface area (Å²) in [5.41, 5.74) is 1.07. The van der Waals surface area contributed by atoms with Crippen LogP contribution >= 0.6 is 0 Å². The molecular formula is C15H21NO4. The summed E-state index contributed by atoms with van der Waals surface area (Å²) in [6.45, 7) is 5.53. The minimum absolute atomic E-state index is 0.143. The largest absolute Gasteiger partial charge is 0.486 e. The third-order valence-corrected chi connectivity index (χ3v) is 3.73. The normalized spacial score (nSPS) is 24.1. The minimum Gasteiger partial charge on any atom is -0.486 e. The number of ether oxygens (including phenoxy) is 1. The first-order chi connectivity index (χ1) is 9.22. The Labute approximate surface area is 118 Å². The number of aliphatic carboxylic acids is 1. The van der Waals surface area contributed by atoms with Crippen LogP contribution in [0.5, 0.6) is 5.75 Å². The molecule has 0 saturated carbocycles. The van der Waals surface area contributed by atoms with Crippen LogP contribution in [0.1, 0.15) is 31.1 Å². The Balaban J connectivity index is 2.40. The Morgan fingerprint density at radius 1 is 1.45 bits per heavy atom. The fraction of sp³-hybridized carbons (Fsp3) is 0.533. The molecule has 1 aliphatic heterocycles. The number of aliphatic hydroxyl groups excluding tert-OH is 1. The third-order valence-electron chi connectivity index (χ3n) is 3.73. The lowest BCUT2D eigenvalue weighted by atomic mass is 9.84. The van der Waals surface area contributed by atoms with E-state index >= 15 is 0 Å². The van der Waals surface area contributed by atoms with Crippen molar-refractivity contribution in [2.24, 2.45) is 0 Å². The second-order valence-electron chi connectivity index (χ2n) is 5.95. The lowest BCUT2D eigenvalue weighted by molar-refractivity contribution is -0.142. The zero-order valence-corrected chi connectivity index (χ0v) is 12.3. The summed E-state index contributed by atoms with van der Waals surface area (Å²) >= 11 is 0. The van der Waals surface area contributed by atoms with Gasteiger partial charge < -0.3 is 14.9 Å². The summed E-state index contributed by atoms with van der Waals surface area (Å²) in [7, 11) is 1.69. The van der Waals surface area contributed by atoms with Gasteiger partial charge in [-0.1, -0.05) is 11.6 Å². The Hall–Kier alpha value is -1.59. The molecule has 0 radical (unpaired) electrons. The van der Waals surface area contributed by atoms with Crippen molar-refractivity contribution in [1.29, 1.82) is 0 Å². The molecule has 2 atom stereocenters. The minimum atomic E-state index is -0.925. The highest BCUT2D eigenvalue weighted by Gasteiger charge is 2.45. The van der Waals surface area contributed by atoms with E-state index in [-0.39, 0.29) is 6.54 Å². The van der Waals surface area contributed by atoms with Crippen molar-refractivity contribution in [1.82, 2.24) is 4.90 Å². The number of fused-ring (bicyclic) bond motifs is 1. The highest BCUT2D eigenvalue weighted by atomic mass is 16.5. The molecule has 0 amide bonds. The van der Waals surface area contributed by atoms with Crippen molar-refractivity contribution >= 4 is 5.97 Å². The summed E-state index contributed by atoms with van der Waals surface area (Å²) in [4.78, 5) is 12.5. The molecule has 2 rings (SSSR count). The van der Waals surface area contributed by atoms with Gasteiger partial charge in [0.05, 0.1) is 12.6 Å². The molecule has 2 unspecified atom stereocenters. The summed E-state index contributed by atoms with van der Waals surface area (Å²) in [6, 6.07) is 5.25. The quantitative estimate of drug-likeness (QED) is 0.879. The molecule has 5 nitrogen and oxygen atoms in total. The zero-order valence-electron chi connectivity index (χ0n) is 12.3. The number of carbonyl (C=O) groups is 1. The van der Waals surface area contributed by atoms with Crippen LogP contribution in [0.4, 0.5) is 0 Å². The Morgan fingerprint density at radius 2 is 2.10 bits per heavy atom. The van der Waals surface area contributed by atoms with Crippen molar-refractivity contribution < 1.29 is 19.7 Å². The van der Waals surface area contributed by atoms with Crippen molar-refractivity contribution in [2.75, 3.05) is 13.6 Å². The summed E-state index contributed by atoms with van der Waals surface area (Å²) in [6.07, 6.45) is -0.780. The molecule has 20 heavy (non-hydrogen) atoms. The van der Waals surface area contributed by atoms with E-state index in [0.717, 1.165) is 5.56 Å². The Bertz CT molecular complexity index is 527. The van der Waals surface area contributed by atoms with Crippen molar-refractivity contribution in [3.05, 3.63) is 29.3 Å². The van der Waals surface area contributed by atoms with Gasteiger partial charge in [0, 0.05) is 5.56 Å². The predicted octanol–water partition coefficient (Wildman–Crippen LogP) is 1.58. The van der Waals surface area contributed by atoms with Crippen LogP contribution in [-0.2, 0) is 4.79 Å². The monoisotopic (exact) mass is 279 g/mol. The van der Waals surface area contributed by atoms with Crippen LogP contribution < -0.4 is 4.74 Å². The van der Waals surface area contributed by atoms with Crippen molar-refractivity contribution in [3.63, 3.8) is 0 Å². The summed E-state index contributed by atoms with van der Waals surface area (Å²) in [5, 5.41) is 19.6. The van der Waals surface area contributed by atoms with Crippen molar-refractivity contribution in [2.45, 2.75) is 38.5 Å². The first-order valence-electron chi connectivity index (χ1n) is 6.62. The maximum absolute atomic E-state index is 10.9. The van der Waals surface area contributed by atoms with Crippen LogP contribution in [0.3, 0.4) is 0 Å². The number of aryl methyl sites for hydroxylation is 1. The number of aliphatic hydroxyl groups is 1. The van der Waals surface area contributed by atoms with Gasteiger partial charge in [0.2, 0.25) is 0 Å². The molecule has 1 aromatic carbocycles. The van der Waals surface area contributed by atoms with Gasteiger partial charge in [0.1, 0.15) is 17.5 Å². The highest BCUT2D eigenvalue weighted by Crippen LogP contribution is 2.41. The highest BCUT2D eigenvalue weighted by molar-refractivity contribution is 5.69. The van der Waals surface area contributed by atoms with Crippen LogP contribution in [-0.4, -0.2) is 46.3 Å². The maximum Gasteiger partial charge on any atom is 0.317 e. The fourth-order valence-corrected chi connectivity index (χ4v) is 2.97. The number of rotatable bonds is 3. The lowest BCUT2D eigenvalue weighted by Crippen LogP contribution is -2.57. The van der Waals surface area contributed by atoms with Crippen LogP contribution in [0.2, 0.25) is 0 Å². The first kappa shape index (κ1) is 14.8. The molecule has 0 bridgehead atoms. The maximum atomic E-state index is 10.9. The van der Waals surface area contributed by atoms with Gasteiger partial charge >= 0.3 is 5.97 Å². The molecule has 5 heteroatoms. The van der Waals surface area contributed by atoms with Gasteiger partial charge in [0.25, 0.3) is 0 Å². The summed E-state index contributed by atoms with van der Waals surface area (Å²) < 4.78 is 5.97. The SMILES string of the molecule is Cc1ccc2c(c1)C(O)C(N(C)CC(=O)O)C(C)(C)O2. The van der Waals surface area contributed by atoms with E-state index in [0.29, 0.717) is 11.3 Å². The van der Waals surface area contributed by atoms with E-state index < -0.39 is 23.7 Å². The number of likely N-dealkylation sites (N-methyl/N-ethyl adjacent to an activating group) is 1. The number of benzene rings is 1. The number of carboxylic acid groups (broad SMARTS) is 1. The molecule has 0 spiro atoms. The number of nitrogens with zero attached hydrogens (tertiary/aromatic N) is 1. The smallest absolute Gasteiger partial charge is 0.317 e.